The van der Waals surface area contributed by atoms with Gasteiger partial charge in [-0.05, 0) is 18.6 Å². The lowest BCUT2D eigenvalue weighted by Gasteiger charge is -2.00. The Hall–Kier alpha value is -2.63. The lowest BCUT2D eigenvalue weighted by atomic mass is 10.0. The third-order valence-electron chi connectivity index (χ3n) is 2.80. The molecule has 0 saturated carbocycles. The van der Waals surface area contributed by atoms with Gasteiger partial charge in [0.1, 0.15) is 11.3 Å². The molecule has 0 amide bonds. The summed E-state index contributed by atoms with van der Waals surface area (Å²) in [4.78, 5) is 21.3. The maximum Gasteiger partial charge on any atom is 0.339 e. The first-order valence-corrected chi connectivity index (χ1v) is 5.63. The molecule has 0 atom stereocenters. The number of rotatable bonds is 4. The molecule has 98 valence electrons. The molecule has 0 bridgehead atoms. The molecule has 19 heavy (non-hydrogen) atoms. The number of nitro groups is 1. The van der Waals surface area contributed by atoms with Crippen LogP contribution in [0.25, 0.3) is 11.3 Å². The Bertz CT molecular complexity index is 627. The van der Waals surface area contributed by atoms with Gasteiger partial charge in [0.25, 0.3) is 5.69 Å². The van der Waals surface area contributed by atoms with Gasteiger partial charge >= 0.3 is 5.97 Å². The number of carboxylic acids is 1. The van der Waals surface area contributed by atoms with Crippen LogP contribution in [0.2, 0.25) is 0 Å². The largest absolute Gasteiger partial charge is 0.478 e. The highest BCUT2D eigenvalue weighted by Gasteiger charge is 2.20. The van der Waals surface area contributed by atoms with E-state index in [9.17, 15) is 20.0 Å². The zero-order valence-electron chi connectivity index (χ0n) is 10.1. The number of carbonyl (C=O) groups is 1. The first kappa shape index (κ1) is 12.8. The van der Waals surface area contributed by atoms with Crippen molar-refractivity contribution in [2.45, 2.75) is 13.3 Å². The van der Waals surface area contributed by atoms with Gasteiger partial charge < -0.3 is 9.52 Å². The third-order valence-corrected chi connectivity index (χ3v) is 2.80. The minimum atomic E-state index is -1.07. The van der Waals surface area contributed by atoms with Gasteiger partial charge in [-0.1, -0.05) is 6.92 Å². The summed E-state index contributed by atoms with van der Waals surface area (Å²) in [5, 5.41) is 19.8. The molecule has 1 aromatic carbocycles. The molecule has 0 aliphatic heterocycles. The SMILES string of the molecule is CCc1coc(-c2ccc([N+](=O)[O-])cc2)c1C(=O)O. The molecule has 2 aromatic rings. The van der Waals surface area contributed by atoms with Gasteiger partial charge in [-0.3, -0.25) is 10.1 Å². The number of benzene rings is 1. The van der Waals surface area contributed by atoms with Crippen LogP contribution in [-0.4, -0.2) is 16.0 Å². The van der Waals surface area contributed by atoms with Crippen LogP contribution in [0.4, 0.5) is 5.69 Å². The number of nitro benzene ring substituents is 1. The maximum atomic E-state index is 11.2. The van der Waals surface area contributed by atoms with Crippen LogP contribution in [-0.2, 0) is 6.42 Å². The quantitative estimate of drug-likeness (QED) is 0.674. The first-order chi connectivity index (χ1) is 9.04. The van der Waals surface area contributed by atoms with Crippen LogP contribution in [0.5, 0.6) is 0 Å². The molecular weight excluding hydrogens is 250 g/mol. The van der Waals surface area contributed by atoms with E-state index in [-0.39, 0.29) is 17.0 Å². The minimum absolute atomic E-state index is 0.0529. The summed E-state index contributed by atoms with van der Waals surface area (Å²) < 4.78 is 5.28. The second kappa shape index (κ2) is 4.93. The second-order valence-electron chi connectivity index (χ2n) is 3.93. The van der Waals surface area contributed by atoms with E-state index in [1.807, 2.05) is 6.92 Å². The van der Waals surface area contributed by atoms with E-state index < -0.39 is 10.9 Å². The minimum Gasteiger partial charge on any atom is -0.478 e. The Kier molecular flexibility index (Phi) is 3.33. The van der Waals surface area contributed by atoms with E-state index in [0.29, 0.717) is 17.5 Å². The van der Waals surface area contributed by atoms with Crippen molar-refractivity contribution in [3.8, 4) is 11.3 Å². The Morgan fingerprint density at radius 3 is 2.47 bits per heavy atom. The number of aryl methyl sites for hydroxylation is 1. The molecule has 0 unspecified atom stereocenters. The summed E-state index contributed by atoms with van der Waals surface area (Å²) in [5.74, 6) is -0.849. The number of hydrogen-bond donors (Lipinski definition) is 1. The molecule has 1 heterocycles. The van der Waals surface area contributed by atoms with Crippen molar-refractivity contribution in [3.63, 3.8) is 0 Å². The predicted molar refractivity (Wildman–Crippen MR) is 67.1 cm³/mol. The normalized spacial score (nSPS) is 10.4. The van der Waals surface area contributed by atoms with Crippen molar-refractivity contribution < 1.29 is 19.2 Å². The molecule has 0 radical (unpaired) electrons. The smallest absolute Gasteiger partial charge is 0.339 e. The number of non-ortho nitro benzene ring substituents is 1. The van der Waals surface area contributed by atoms with Crippen molar-refractivity contribution in [2.24, 2.45) is 0 Å². The Morgan fingerprint density at radius 1 is 1.37 bits per heavy atom. The first-order valence-electron chi connectivity index (χ1n) is 5.63. The van der Waals surface area contributed by atoms with E-state index >= 15 is 0 Å². The Morgan fingerprint density at radius 2 is 2.00 bits per heavy atom. The average molecular weight is 261 g/mol. The standard InChI is InChI=1S/C13H11NO5/c1-2-8-7-19-12(11(8)13(15)16)9-3-5-10(6-4-9)14(17)18/h3-7H,2H2,1H3,(H,15,16). The predicted octanol–water partition coefficient (Wildman–Crippen LogP) is 3.12. The van der Waals surface area contributed by atoms with Crippen molar-refractivity contribution in [2.75, 3.05) is 0 Å². The number of carboxylic acid groups (broad SMARTS) is 1. The van der Waals surface area contributed by atoms with Crippen LogP contribution in [0.15, 0.2) is 34.9 Å². The van der Waals surface area contributed by atoms with Gasteiger partial charge in [-0.2, -0.15) is 0 Å². The van der Waals surface area contributed by atoms with Crippen LogP contribution in [0, 0.1) is 10.1 Å². The second-order valence-corrected chi connectivity index (χ2v) is 3.93. The van der Waals surface area contributed by atoms with Crippen molar-refractivity contribution >= 4 is 11.7 Å². The van der Waals surface area contributed by atoms with Crippen molar-refractivity contribution in [1.29, 1.82) is 0 Å². The molecule has 1 N–H and O–H groups in total. The number of aromatic carboxylic acids is 1. The topological polar surface area (TPSA) is 93.6 Å². The van der Waals surface area contributed by atoms with Crippen LogP contribution in [0.3, 0.4) is 0 Å². The van der Waals surface area contributed by atoms with Gasteiger partial charge in [0.05, 0.1) is 11.2 Å². The third kappa shape index (κ3) is 2.33. The lowest BCUT2D eigenvalue weighted by molar-refractivity contribution is -0.384. The van der Waals surface area contributed by atoms with Gasteiger partial charge in [-0.25, -0.2) is 4.79 Å². The molecule has 1 aromatic heterocycles. The van der Waals surface area contributed by atoms with E-state index in [1.54, 1.807) is 0 Å². The maximum absolute atomic E-state index is 11.2. The van der Waals surface area contributed by atoms with E-state index in [1.165, 1.54) is 30.5 Å². The molecule has 0 aliphatic carbocycles. The van der Waals surface area contributed by atoms with Gasteiger partial charge in [0.15, 0.2) is 0 Å². The van der Waals surface area contributed by atoms with Gasteiger partial charge in [0.2, 0.25) is 0 Å². The fourth-order valence-electron chi connectivity index (χ4n) is 1.84. The molecule has 0 fully saturated rings. The highest BCUT2D eigenvalue weighted by Crippen LogP contribution is 2.29. The summed E-state index contributed by atoms with van der Waals surface area (Å²) in [6, 6.07) is 5.58. The van der Waals surface area contributed by atoms with E-state index in [2.05, 4.69) is 0 Å². The molecule has 0 saturated heterocycles. The van der Waals surface area contributed by atoms with Gasteiger partial charge in [-0.15, -0.1) is 0 Å². The molecule has 6 heteroatoms. The molecule has 0 aliphatic rings. The van der Waals surface area contributed by atoms with Crippen LogP contribution >= 0.6 is 0 Å². The molecule has 0 spiro atoms. The number of hydrogen-bond acceptors (Lipinski definition) is 4. The fourth-order valence-corrected chi connectivity index (χ4v) is 1.84. The zero-order chi connectivity index (χ0) is 14.0. The highest BCUT2D eigenvalue weighted by molar-refractivity contribution is 5.96. The monoisotopic (exact) mass is 261 g/mol. The summed E-state index contributed by atoms with van der Waals surface area (Å²) >= 11 is 0. The molecule has 2 rings (SSSR count). The Labute approximate surface area is 108 Å². The summed E-state index contributed by atoms with van der Waals surface area (Å²) in [6.07, 6.45) is 1.94. The number of nitrogens with zero attached hydrogens (tertiary/aromatic N) is 1. The highest BCUT2D eigenvalue weighted by atomic mass is 16.6. The Balaban J connectivity index is 2.50. The average Bonchev–Trinajstić information content (AvgIpc) is 2.82. The van der Waals surface area contributed by atoms with Crippen molar-refractivity contribution in [1.82, 2.24) is 0 Å². The van der Waals surface area contributed by atoms with E-state index in [4.69, 9.17) is 4.42 Å². The molecular formula is C13H11NO5. The molecule has 6 nitrogen and oxygen atoms in total. The fraction of sp³-hybridized carbons (Fsp3) is 0.154. The van der Waals surface area contributed by atoms with Crippen molar-refractivity contribution in [3.05, 3.63) is 51.8 Å². The summed E-state index contributed by atoms with van der Waals surface area (Å²) in [6.45, 7) is 1.83. The van der Waals surface area contributed by atoms with Gasteiger partial charge in [0, 0.05) is 23.3 Å². The lowest BCUT2D eigenvalue weighted by Crippen LogP contribution is -2.00. The number of furan rings is 1. The summed E-state index contributed by atoms with van der Waals surface area (Å²) in [7, 11) is 0. The summed E-state index contributed by atoms with van der Waals surface area (Å²) in [5.41, 5.74) is 1.16. The van der Waals surface area contributed by atoms with E-state index in [0.717, 1.165) is 0 Å². The van der Waals surface area contributed by atoms with Crippen LogP contribution < -0.4 is 0 Å². The zero-order valence-corrected chi connectivity index (χ0v) is 10.1. The van der Waals surface area contributed by atoms with Crippen LogP contribution in [0.1, 0.15) is 22.8 Å².